The number of aromatic nitrogens is 2. The Bertz CT molecular complexity index is 1290. The molecule has 0 radical (unpaired) electrons. The monoisotopic (exact) mass is 528 g/mol. The molecule has 0 bridgehead atoms. The molecule has 10 nitrogen and oxygen atoms in total. The first-order chi connectivity index (χ1) is 17.6. The van der Waals surface area contributed by atoms with Gasteiger partial charge < -0.3 is 29.9 Å². The number of nitrogens with zero attached hydrogens (tertiary/aromatic N) is 3. The van der Waals surface area contributed by atoms with Gasteiger partial charge in [0.2, 0.25) is 0 Å². The maximum Gasteiger partial charge on any atom is 0.326 e. The smallest absolute Gasteiger partial charge is 0.326 e. The van der Waals surface area contributed by atoms with Crippen LogP contribution in [0.4, 0.5) is 5.13 Å². The SMILES string of the molecule is COc1ccc2c(O[C@@H]3C[C@@H](C(=O)O)N(C(=O)[C@H](O)C(C)C)C3)cc(-c3csc(NC(C)C)n3)nc2c1. The number of hydrogen-bond donors (Lipinski definition) is 3. The minimum atomic E-state index is -1.28. The molecular weight excluding hydrogens is 496 g/mol. The van der Waals surface area contributed by atoms with Gasteiger partial charge in [0.25, 0.3) is 5.91 Å². The summed E-state index contributed by atoms with van der Waals surface area (Å²) in [7, 11) is 1.58. The van der Waals surface area contributed by atoms with Gasteiger partial charge in [-0.1, -0.05) is 13.8 Å². The van der Waals surface area contributed by atoms with Gasteiger partial charge >= 0.3 is 5.97 Å². The maximum atomic E-state index is 12.8. The number of anilines is 1. The molecule has 37 heavy (non-hydrogen) atoms. The number of carbonyl (C=O) groups is 2. The number of thiazole rings is 1. The Kier molecular flexibility index (Phi) is 7.84. The van der Waals surface area contributed by atoms with Gasteiger partial charge in [0.1, 0.15) is 35.4 Å². The van der Waals surface area contributed by atoms with Crippen molar-refractivity contribution in [1.82, 2.24) is 14.9 Å². The molecule has 4 rings (SSSR count). The lowest BCUT2D eigenvalue weighted by atomic mass is 10.1. The fourth-order valence-corrected chi connectivity index (χ4v) is 5.08. The Morgan fingerprint density at radius 1 is 1.16 bits per heavy atom. The third-order valence-corrected chi connectivity index (χ3v) is 6.94. The summed E-state index contributed by atoms with van der Waals surface area (Å²) in [4.78, 5) is 35.4. The molecule has 1 amide bonds. The van der Waals surface area contributed by atoms with Crippen molar-refractivity contribution < 1.29 is 29.3 Å². The molecule has 1 saturated heterocycles. The number of carboxylic acids is 1. The molecule has 3 aromatic rings. The molecule has 3 N–H and O–H groups in total. The van der Waals surface area contributed by atoms with E-state index in [4.69, 9.17) is 14.5 Å². The predicted octanol–water partition coefficient (Wildman–Crippen LogP) is 3.64. The highest BCUT2D eigenvalue weighted by molar-refractivity contribution is 7.14. The van der Waals surface area contributed by atoms with Crippen LogP contribution in [0, 0.1) is 5.92 Å². The number of ether oxygens (including phenoxy) is 2. The van der Waals surface area contributed by atoms with E-state index >= 15 is 0 Å². The molecule has 0 unspecified atom stereocenters. The summed E-state index contributed by atoms with van der Waals surface area (Å²) >= 11 is 1.48. The number of methoxy groups -OCH3 is 1. The first-order valence-electron chi connectivity index (χ1n) is 12.2. The average Bonchev–Trinajstić information content (AvgIpc) is 3.49. The topological polar surface area (TPSA) is 134 Å². The minimum absolute atomic E-state index is 0.0496. The zero-order valence-electron chi connectivity index (χ0n) is 21.5. The van der Waals surface area contributed by atoms with Gasteiger partial charge in [0.05, 0.1) is 24.9 Å². The third-order valence-electron chi connectivity index (χ3n) is 6.17. The number of rotatable bonds is 9. The van der Waals surface area contributed by atoms with Crippen LogP contribution in [0.3, 0.4) is 0 Å². The van der Waals surface area contributed by atoms with Crippen LogP contribution in [-0.2, 0) is 9.59 Å². The second kappa shape index (κ2) is 10.9. The molecule has 0 spiro atoms. The summed E-state index contributed by atoms with van der Waals surface area (Å²) in [6, 6.07) is 6.37. The summed E-state index contributed by atoms with van der Waals surface area (Å²) in [5, 5.41) is 26.7. The Morgan fingerprint density at radius 2 is 1.92 bits per heavy atom. The number of pyridine rings is 1. The average molecular weight is 529 g/mol. The van der Waals surface area contributed by atoms with Gasteiger partial charge in [-0.3, -0.25) is 4.79 Å². The Labute approximate surface area is 219 Å². The van der Waals surface area contributed by atoms with Crippen molar-refractivity contribution in [2.75, 3.05) is 19.0 Å². The molecule has 11 heteroatoms. The normalized spacial score (nSPS) is 18.4. The number of carboxylic acid groups (broad SMARTS) is 1. The molecule has 3 heterocycles. The largest absolute Gasteiger partial charge is 0.497 e. The van der Waals surface area contributed by atoms with E-state index in [0.29, 0.717) is 28.4 Å². The van der Waals surface area contributed by atoms with Gasteiger partial charge in [-0.15, -0.1) is 11.3 Å². The van der Waals surface area contributed by atoms with Crippen molar-refractivity contribution in [3.63, 3.8) is 0 Å². The number of aliphatic hydroxyl groups is 1. The van der Waals surface area contributed by atoms with Crippen LogP contribution in [0.1, 0.15) is 34.1 Å². The molecule has 1 fully saturated rings. The maximum absolute atomic E-state index is 12.8. The van der Waals surface area contributed by atoms with Crippen molar-refractivity contribution in [2.24, 2.45) is 5.92 Å². The number of nitrogens with one attached hydrogen (secondary N) is 1. The molecule has 1 aromatic carbocycles. The molecule has 0 saturated carbocycles. The molecule has 2 aromatic heterocycles. The highest BCUT2D eigenvalue weighted by Crippen LogP contribution is 2.35. The summed E-state index contributed by atoms with van der Waals surface area (Å²) in [6.07, 6.45) is -1.77. The quantitative estimate of drug-likeness (QED) is 0.380. The predicted molar refractivity (Wildman–Crippen MR) is 141 cm³/mol. The minimum Gasteiger partial charge on any atom is -0.497 e. The van der Waals surface area contributed by atoms with E-state index in [1.165, 1.54) is 16.2 Å². The van der Waals surface area contributed by atoms with Gasteiger partial charge in [-0.2, -0.15) is 0 Å². The molecule has 1 aliphatic rings. The van der Waals surface area contributed by atoms with Crippen LogP contribution in [0.25, 0.3) is 22.3 Å². The summed E-state index contributed by atoms with van der Waals surface area (Å²) in [6.45, 7) is 7.54. The van der Waals surface area contributed by atoms with E-state index in [1.807, 2.05) is 25.3 Å². The second-order valence-electron chi connectivity index (χ2n) is 9.73. The highest BCUT2D eigenvalue weighted by Gasteiger charge is 2.43. The lowest BCUT2D eigenvalue weighted by molar-refractivity contribution is -0.153. The van der Waals surface area contributed by atoms with Crippen molar-refractivity contribution in [3.8, 4) is 22.9 Å². The van der Waals surface area contributed by atoms with Crippen LogP contribution in [0.15, 0.2) is 29.6 Å². The van der Waals surface area contributed by atoms with E-state index in [0.717, 1.165) is 10.5 Å². The number of benzene rings is 1. The lowest BCUT2D eigenvalue weighted by Gasteiger charge is -2.25. The lowest BCUT2D eigenvalue weighted by Crippen LogP contribution is -2.47. The number of aliphatic carboxylic acids is 1. The van der Waals surface area contributed by atoms with E-state index in [9.17, 15) is 19.8 Å². The Hall–Kier alpha value is -3.44. The van der Waals surface area contributed by atoms with Crippen molar-refractivity contribution >= 4 is 39.2 Å². The van der Waals surface area contributed by atoms with E-state index in [-0.39, 0.29) is 24.9 Å². The van der Waals surface area contributed by atoms with Crippen LogP contribution < -0.4 is 14.8 Å². The molecule has 198 valence electrons. The van der Waals surface area contributed by atoms with Gasteiger partial charge in [-0.25, -0.2) is 14.8 Å². The van der Waals surface area contributed by atoms with Crippen LogP contribution in [-0.4, -0.2) is 74.9 Å². The number of aliphatic hydroxyl groups excluding tert-OH is 1. The molecule has 3 atom stereocenters. The van der Waals surface area contributed by atoms with E-state index < -0.39 is 30.1 Å². The van der Waals surface area contributed by atoms with Crippen LogP contribution in [0.2, 0.25) is 0 Å². The molecule has 1 aliphatic heterocycles. The van der Waals surface area contributed by atoms with E-state index in [2.05, 4.69) is 10.3 Å². The standard InChI is InChI=1S/C26H32N4O6S/c1-13(2)23(31)24(32)30-11-16(9-21(30)25(33)34)36-22-10-19(20-12-37-26(29-20)27-14(3)4)28-18-8-15(35-5)6-7-17(18)22/h6-8,10,12-14,16,21,23,31H,9,11H2,1-5H3,(H,27,29)(H,33,34)/t16-,21+,23-/m1/s1. The summed E-state index contributed by atoms with van der Waals surface area (Å²) in [5.41, 5.74) is 1.91. The second-order valence-corrected chi connectivity index (χ2v) is 10.6. The van der Waals surface area contributed by atoms with Crippen molar-refractivity contribution in [3.05, 3.63) is 29.6 Å². The number of likely N-dealkylation sites (tertiary alicyclic amines) is 1. The fraction of sp³-hybridized carbons (Fsp3) is 0.462. The first kappa shape index (κ1) is 26.6. The Morgan fingerprint density at radius 3 is 2.57 bits per heavy atom. The fourth-order valence-electron chi connectivity index (χ4n) is 4.23. The van der Waals surface area contributed by atoms with Crippen LogP contribution in [0.5, 0.6) is 11.5 Å². The summed E-state index contributed by atoms with van der Waals surface area (Å²) in [5.74, 6) is -0.937. The summed E-state index contributed by atoms with van der Waals surface area (Å²) < 4.78 is 11.7. The van der Waals surface area contributed by atoms with Crippen LogP contribution >= 0.6 is 11.3 Å². The van der Waals surface area contributed by atoms with E-state index in [1.54, 1.807) is 39.2 Å². The number of hydrogen-bond acceptors (Lipinski definition) is 9. The zero-order valence-corrected chi connectivity index (χ0v) is 22.3. The first-order valence-corrected chi connectivity index (χ1v) is 13.0. The zero-order chi connectivity index (χ0) is 26.9. The van der Waals surface area contributed by atoms with Crippen molar-refractivity contribution in [2.45, 2.75) is 58.4 Å². The number of carbonyl (C=O) groups excluding carboxylic acids is 1. The van der Waals surface area contributed by atoms with Gasteiger partial charge in [0, 0.05) is 35.4 Å². The van der Waals surface area contributed by atoms with Gasteiger partial charge in [-0.05, 0) is 31.9 Å². The van der Waals surface area contributed by atoms with Gasteiger partial charge in [0.15, 0.2) is 5.13 Å². The van der Waals surface area contributed by atoms with Crippen molar-refractivity contribution in [1.29, 1.82) is 0 Å². The third kappa shape index (κ3) is 5.78. The molecular formula is C26H32N4O6S. The highest BCUT2D eigenvalue weighted by atomic mass is 32.1. The molecule has 0 aliphatic carbocycles. The number of fused-ring (bicyclic) bond motifs is 1. The number of amides is 1. The Balaban J connectivity index is 1.68.